The molecule has 0 aromatic heterocycles. The van der Waals surface area contributed by atoms with E-state index in [4.69, 9.17) is 26.8 Å². The van der Waals surface area contributed by atoms with Crippen molar-refractivity contribution in [3.8, 4) is 11.5 Å². The van der Waals surface area contributed by atoms with Crippen molar-refractivity contribution in [2.24, 2.45) is 5.73 Å². The van der Waals surface area contributed by atoms with Crippen LogP contribution in [-0.4, -0.2) is 19.8 Å². The molecule has 90 valence electrons. The van der Waals surface area contributed by atoms with Gasteiger partial charge < -0.3 is 15.2 Å². The van der Waals surface area contributed by atoms with Crippen molar-refractivity contribution in [3.63, 3.8) is 0 Å². The van der Waals surface area contributed by atoms with Crippen LogP contribution in [0.5, 0.6) is 11.5 Å². The molecule has 0 aliphatic rings. The molecule has 1 aromatic carbocycles. The van der Waals surface area contributed by atoms with E-state index in [1.807, 2.05) is 13.8 Å². The maximum atomic E-state index is 6.15. The predicted molar refractivity (Wildman–Crippen MR) is 66.5 cm³/mol. The van der Waals surface area contributed by atoms with E-state index in [9.17, 15) is 0 Å². The van der Waals surface area contributed by atoms with Crippen molar-refractivity contribution in [2.45, 2.75) is 26.3 Å². The first-order valence-corrected chi connectivity index (χ1v) is 5.71. The SMILES string of the molecule is CCOc1c(OC)ccc(Cl)c1CC(C)N. The fourth-order valence-corrected chi connectivity index (χ4v) is 1.78. The smallest absolute Gasteiger partial charge is 0.165 e. The first-order valence-electron chi connectivity index (χ1n) is 5.33. The van der Waals surface area contributed by atoms with Gasteiger partial charge in [0.1, 0.15) is 0 Å². The van der Waals surface area contributed by atoms with E-state index in [-0.39, 0.29) is 6.04 Å². The molecule has 0 aliphatic heterocycles. The van der Waals surface area contributed by atoms with Crippen LogP contribution in [0.2, 0.25) is 5.02 Å². The number of halogens is 1. The summed E-state index contributed by atoms with van der Waals surface area (Å²) in [5, 5.41) is 0.668. The summed E-state index contributed by atoms with van der Waals surface area (Å²) in [6, 6.07) is 3.64. The molecule has 1 atom stereocenters. The number of hydrogen-bond donors (Lipinski definition) is 1. The molecule has 0 spiro atoms. The molecule has 0 radical (unpaired) electrons. The van der Waals surface area contributed by atoms with Crippen LogP contribution in [0.25, 0.3) is 0 Å². The molecule has 2 N–H and O–H groups in total. The fraction of sp³-hybridized carbons (Fsp3) is 0.500. The van der Waals surface area contributed by atoms with E-state index in [2.05, 4.69) is 0 Å². The summed E-state index contributed by atoms with van der Waals surface area (Å²) >= 11 is 6.15. The van der Waals surface area contributed by atoms with E-state index < -0.39 is 0 Å². The van der Waals surface area contributed by atoms with Crippen LogP contribution >= 0.6 is 11.6 Å². The highest BCUT2D eigenvalue weighted by Gasteiger charge is 2.15. The third-order valence-electron chi connectivity index (χ3n) is 2.20. The number of rotatable bonds is 5. The van der Waals surface area contributed by atoms with Gasteiger partial charge in [0.25, 0.3) is 0 Å². The van der Waals surface area contributed by atoms with Gasteiger partial charge in [0.2, 0.25) is 0 Å². The summed E-state index contributed by atoms with van der Waals surface area (Å²) in [6.07, 6.45) is 0.672. The Morgan fingerprint density at radius 2 is 2.12 bits per heavy atom. The zero-order chi connectivity index (χ0) is 12.1. The lowest BCUT2D eigenvalue weighted by Gasteiger charge is -2.16. The van der Waals surface area contributed by atoms with Gasteiger partial charge in [-0.3, -0.25) is 0 Å². The van der Waals surface area contributed by atoms with Crippen LogP contribution in [-0.2, 0) is 6.42 Å². The molecule has 1 unspecified atom stereocenters. The summed E-state index contributed by atoms with van der Waals surface area (Å²) in [6.45, 7) is 4.43. The summed E-state index contributed by atoms with van der Waals surface area (Å²) in [4.78, 5) is 0. The maximum Gasteiger partial charge on any atom is 0.165 e. The van der Waals surface area contributed by atoms with Crippen molar-refractivity contribution in [2.75, 3.05) is 13.7 Å². The molecule has 4 heteroatoms. The molecule has 0 saturated heterocycles. The van der Waals surface area contributed by atoms with Crippen molar-refractivity contribution in [3.05, 3.63) is 22.7 Å². The molecular formula is C12H18ClNO2. The molecule has 0 heterocycles. The lowest BCUT2D eigenvalue weighted by molar-refractivity contribution is 0.307. The summed E-state index contributed by atoms with van der Waals surface area (Å²) in [5.74, 6) is 1.40. The average Bonchev–Trinajstić information content (AvgIpc) is 2.23. The van der Waals surface area contributed by atoms with Crippen molar-refractivity contribution >= 4 is 11.6 Å². The van der Waals surface area contributed by atoms with Gasteiger partial charge in [0, 0.05) is 16.6 Å². The topological polar surface area (TPSA) is 44.5 Å². The minimum absolute atomic E-state index is 0.0313. The molecule has 0 saturated carbocycles. The van der Waals surface area contributed by atoms with E-state index in [0.29, 0.717) is 29.5 Å². The molecule has 0 fully saturated rings. The van der Waals surface area contributed by atoms with Crippen LogP contribution in [0, 0.1) is 0 Å². The minimum atomic E-state index is 0.0313. The second kappa shape index (κ2) is 5.97. The number of nitrogens with two attached hydrogens (primary N) is 1. The zero-order valence-corrected chi connectivity index (χ0v) is 10.7. The van der Waals surface area contributed by atoms with Gasteiger partial charge in [-0.25, -0.2) is 0 Å². The standard InChI is InChI=1S/C12H18ClNO2/c1-4-16-12-9(7-8(2)14)10(13)5-6-11(12)15-3/h5-6,8H,4,7,14H2,1-3H3. The highest BCUT2D eigenvalue weighted by atomic mass is 35.5. The van der Waals surface area contributed by atoms with E-state index >= 15 is 0 Å². The lowest BCUT2D eigenvalue weighted by atomic mass is 10.1. The minimum Gasteiger partial charge on any atom is -0.493 e. The number of benzene rings is 1. The Labute approximate surface area is 101 Å². The summed E-state index contributed by atoms with van der Waals surface area (Å²) in [7, 11) is 1.61. The summed E-state index contributed by atoms with van der Waals surface area (Å²) < 4.78 is 10.8. The first-order chi connectivity index (χ1) is 7.60. The third-order valence-corrected chi connectivity index (χ3v) is 2.56. The first kappa shape index (κ1) is 13.1. The van der Waals surface area contributed by atoms with Gasteiger partial charge >= 0.3 is 0 Å². The second-order valence-electron chi connectivity index (χ2n) is 3.67. The van der Waals surface area contributed by atoms with Gasteiger partial charge in [-0.15, -0.1) is 0 Å². The van der Waals surface area contributed by atoms with E-state index in [0.717, 1.165) is 5.56 Å². The molecule has 1 aromatic rings. The van der Waals surface area contributed by atoms with Gasteiger partial charge in [-0.2, -0.15) is 0 Å². The number of ether oxygens (including phenoxy) is 2. The van der Waals surface area contributed by atoms with E-state index in [1.165, 1.54) is 0 Å². The van der Waals surface area contributed by atoms with Crippen LogP contribution in [0.3, 0.4) is 0 Å². The van der Waals surface area contributed by atoms with Gasteiger partial charge in [-0.1, -0.05) is 11.6 Å². The normalized spacial score (nSPS) is 12.3. The molecule has 1 rings (SSSR count). The molecule has 0 aliphatic carbocycles. The number of methoxy groups -OCH3 is 1. The molecule has 0 bridgehead atoms. The van der Waals surface area contributed by atoms with Crippen LogP contribution in [0.4, 0.5) is 0 Å². The molecule has 3 nitrogen and oxygen atoms in total. The maximum absolute atomic E-state index is 6.15. The number of hydrogen-bond acceptors (Lipinski definition) is 3. The van der Waals surface area contributed by atoms with Crippen molar-refractivity contribution in [1.29, 1.82) is 0 Å². The largest absolute Gasteiger partial charge is 0.493 e. The van der Waals surface area contributed by atoms with Crippen LogP contribution in [0.15, 0.2) is 12.1 Å². The monoisotopic (exact) mass is 243 g/mol. The van der Waals surface area contributed by atoms with Crippen molar-refractivity contribution < 1.29 is 9.47 Å². The Hall–Kier alpha value is -0.930. The quantitative estimate of drug-likeness (QED) is 0.865. The van der Waals surface area contributed by atoms with Gasteiger partial charge in [0.15, 0.2) is 11.5 Å². The van der Waals surface area contributed by atoms with E-state index in [1.54, 1.807) is 19.2 Å². The van der Waals surface area contributed by atoms with Crippen LogP contribution in [0.1, 0.15) is 19.4 Å². The zero-order valence-electron chi connectivity index (χ0n) is 9.92. The molecule has 16 heavy (non-hydrogen) atoms. The van der Waals surface area contributed by atoms with Gasteiger partial charge in [-0.05, 0) is 32.4 Å². The Bertz CT molecular complexity index is 353. The molecular weight excluding hydrogens is 226 g/mol. The Balaban J connectivity index is 3.18. The predicted octanol–water partition coefficient (Wildman–Crippen LogP) is 2.64. The van der Waals surface area contributed by atoms with Gasteiger partial charge in [0.05, 0.1) is 13.7 Å². The summed E-state index contributed by atoms with van der Waals surface area (Å²) in [5.41, 5.74) is 6.71. The van der Waals surface area contributed by atoms with Crippen molar-refractivity contribution in [1.82, 2.24) is 0 Å². The fourth-order valence-electron chi connectivity index (χ4n) is 1.56. The Kier molecular flexibility index (Phi) is 4.90. The van der Waals surface area contributed by atoms with Crippen LogP contribution < -0.4 is 15.2 Å². The highest BCUT2D eigenvalue weighted by molar-refractivity contribution is 6.31. The lowest BCUT2D eigenvalue weighted by Crippen LogP contribution is -2.18. The average molecular weight is 244 g/mol. The molecule has 0 amide bonds. The Morgan fingerprint density at radius 3 is 2.62 bits per heavy atom. The third kappa shape index (κ3) is 3.03. The second-order valence-corrected chi connectivity index (χ2v) is 4.08. The Morgan fingerprint density at radius 1 is 1.44 bits per heavy atom. The highest BCUT2D eigenvalue weighted by Crippen LogP contribution is 2.36.